The maximum atomic E-state index is 5.98. The van der Waals surface area contributed by atoms with Gasteiger partial charge in [-0.15, -0.1) is 0 Å². The SMILES string of the molecule is CCC(C)c1ccccc1OCc1cccc(Br)c1. The van der Waals surface area contributed by atoms with Crippen molar-refractivity contribution in [1.82, 2.24) is 0 Å². The van der Waals surface area contributed by atoms with Crippen molar-refractivity contribution in [2.75, 3.05) is 0 Å². The van der Waals surface area contributed by atoms with Crippen LogP contribution in [0.2, 0.25) is 0 Å². The summed E-state index contributed by atoms with van der Waals surface area (Å²) in [5.74, 6) is 1.52. The minimum atomic E-state index is 0.527. The quantitative estimate of drug-likeness (QED) is 0.703. The summed E-state index contributed by atoms with van der Waals surface area (Å²) in [6.45, 7) is 5.05. The summed E-state index contributed by atoms with van der Waals surface area (Å²) in [4.78, 5) is 0. The second kappa shape index (κ2) is 6.76. The fraction of sp³-hybridized carbons (Fsp3) is 0.294. The van der Waals surface area contributed by atoms with E-state index in [-0.39, 0.29) is 0 Å². The maximum Gasteiger partial charge on any atom is 0.123 e. The van der Waals surface area contributed by atoms with Gasteiger partial charge >= 0.3 is 0 Å². The van der Waals surface area contributed by atoms with E-state index in [1.54, 1.807) is 0 Å². The zero-order valence-corrected chi connectivity index (χ0v) is 13.0. The molecular weight excluding hydrogens is 300 g/mol. The topological polar surface area (TPSA) is 9.23 Å². The Labute approximate surface area is 123 Å². The van der Waals surface area contributed by atoms with Gasteiger partial charge in [0.05, 0.1) is 0 Å². The first-order chi connectivity index (χ1) is 9.20. The number of halogens is 1. The molecule has 1 nitrogen and oxygen atoms in total. The highest BCUT2D eigenvalue weighted by atomic mass is 79.9. The Balaban J connectivity index is 2.11. The van der Waals surface area contributed by atoms with Crippen LogP contribution in [0.5, 0.6) is 5.75 Å². The van der Waals surface area contributed by atoms with Crippen molar-refractivity contribution in [2.24, 2.45) is 0 Å². The average molecular weight is 319 g/mol. The zero-order valence-electron chi connectivity index (χ0n) is 11.4. The van der Waals surface area contributed by atoms with Crippen molar-refractivity contribution < 1.29 is 4.74 Å². The van der Waals surface area contributed by atoms with Crippen LogP contribution in [-0.4, -0.2) is 0 Å². The van der Waals surface area contributed by atoms with Gasteiger partial charge in [-0.1, -0.05) is 60.1 Å². The first-order valence-corrected chi connectivity index (χ1v) is 7.46. The molecule has 2 aromatic rings. The van der Waals surface area contributed by atoms with Crippen LogP contribution in [0.25, 0.3) is 0 Å². The minimum Gasteiger partial charge on any atom is -0.489 e. The normalized spacial score (nSPS) is 12.2. The van der Waals surface area contributed by atoms with Gasteiger partial charge in [0.2, 0.25) is 0 Å². The van der Waals surface area contributed by atoms with Crippen LogP contribution in [-0.2, 0) is 6.61 Å². The molecule has 100 valence electrons. The smallest absolute Gasteiger partial charge is 0.123 e. The van der Waals surface area contributed by atoms with Gasteiger partial charge in [-0.05, 0) is 41.7 Å². The van der Waals surface area contributed by atoms with Crippen molar-refractivity contribution >= 4 is 15.9 Å². The predicted octanol–water partition coefficient (Wildman–Crippen LogP) is 5.54. The van der Waals surface area contributed by atoms with E-state index in [1.165, 1.54) is 11.1 Å². The fourth-order valence-corrected chi connectivity index (χ4v) is 2.47. The molecule has 0 saturated carbocycles. The molecule has 0 heterocycles. The van der Waals surface area contributed by atoms with Crippen molar-refractivity contribution in [3.05, 3.63) is 64.1 Å². The summed E-state index contributed by atoms with van der Waals surface area (Å²) in [5.41, 5.74) is 2.47. The molecule has 0 N–H and O–H groups in total. The summed E-state index contributed by atoms with van der Waals surface area (Å²) < 4.78 is 7.07. The number of rotatable bonds is 5. The Bertz CT molecular complexity index is 536. The van der Waals surface area contributed by atoms with Gasteiger partial charge < -0.3 is 4.74 Å². The van der Waals surface area contributed by atoms with Crippen LogP contribution in [0.1, 0.15) is 37.3 Å². The van der Waals surface area contributed by atoms with E-state index >= 15 is 0 Å². The molecule has 1 unspecified atom stereocenters. The predicted molar refractivity (Wildman–Crippen MR) is 83.6 cm³/mol. The van der Waals surface area contributed by atoms with E-state index in [4.69, 9.17) is 4.74 Å². The van der Waals surface area contributed by atoms with Crippen LogP contribution < -0.4 is 4.74 Å². The molecule has 0 bridgehead atoms. The monoisotopic (exact) mass is 318 g/mol. The molecule has 0 aliphatic heterocycles. The highest BCUT2D eigenvalue weighted by Crippen LogP contribution is 2.29. The molecule has 1 atom stereocenters. The van der Waals surface area contributed by atoms with E-state index < -0.39 is 0 Å². The molecule has 2 aromatic carbocycles. The molecular formula is C17H19BrO. The number of para-hydroxylation sites is 1. The number of ether oxygens (including phenoxy) is 1. The van der Waals surface area contributed by atoms with Crippen molar-refractivity contribution in [1.29, 1.82) is 0 Å². The van der Waals surface area contributed by atoms with Gasteiger partial charge in [-0.3, -0.25) is 0 Å². The van der Waals surface area contributed by atoms with Crippen molar-refractivity contribution in [2.45, 2.75) is 32.8 Å². The Morgan fingerprint density at radius 1 is 1.11 bits per heavy atom. The molecule has 0 aromatic heterocycles. The zero-order chi connectivity index (χ0) is 13.7. The molecule has 0 spiro atoms. The van der Waals surface area contributed by atoms with Gasteiger partial charge in [-0.25, -0.2) is 0 Å². The third kappa shape index (κ3) is 3.84. The Hall–Kier alpha value is -1.28. The summed E-state index contributed by atoms with van der Waals surface area (Å²) in [7, 11) is 0. The molecule has 0 fully saturated rings. The Morgan fingerprint density at radius 2 is 1.89 bits per heavy atom. The van der Waals surface area contributed by atoms with E-state index in [9.17, 15) is 0 Å². The van der Waals surface area contributed by atoms with Crippen molar-refractivity contribution in [3.63, 3.8) is 0 Å². The van der Waals surface area contributed by atoms with Crippen LogP contribution in [0.4, 0.5) is 0 Å². The molecule has 0 radical (unpaired) electrons. The van der Waals surface area contributed by atoms with Gasteiger partial charge in [0, 0.05) is 4.47 Å². The van der Waals surface area contributed by atoms with Gasteiger partial charge in [0.1, 0.15) is 12.4 Å². The molecule has 2 heteroatoms. The van der Waals surface area contributed by atoms with Crippen LogP contribution >= 0.6 is 15.9 Å². The molecule has 0 amide bonds. The standard InChI is InChI=1S/C17H19BrO/c1-3-13(2)16-9-4-5-10-17(16)19-12-14-7-6-8-15(18)11-14/h4-11,13H,3,12H2,1-2H3. The van der Waals surface area contributed by atoms with Gasteiger partial charge in [0.15, 0.2) is 0 Å². The lowest BCUT2D eigenvalue weighted by Crippen LogP contribution is -2.00. The van der Waals surface area contributed by atoms with E-state index in [1.807, 2.05) is 18.2 Å². The van der Waals surface area contributed by atoms with Gasteiger partial charge in [0.25, 0.3) is 0 Å². The molecule has 19 heavy (non-hydrogen) atoms. The fourth-order valence-electron chi connectivity index (χ4n) is 2.03. The molecule has 0 aliphatic rings. The molecule has 2 rings (SSSR count). The first kappa shape index (κ1) is 14.1. The lowest BCUT2D eigenvalue weighted by atomic mass is 9.98. The molecule has 0 aliphatic carbocycles. The minimum absolute atomic E-state index is 0.527. The highest BCUT2D eigenvalue weighted by Gasteiger charge is 2.09. The number of benzene rings is 2. The number of hydrogen-bond acceptors (Lipinski definition) is 1. The maximum absolute atomic E-state index is 5.98. The van der Waals surface area contributed by atoms with E-state index in [2.05, 4.69) is 60.1 Å². The van der Waals surface area contributed by atoms with E-state index in [0.717, 1.165) is 16.6 Å². The second-order valence-corrected chi connectivity index (χ2v) is 5.68. The van der Waals surface area contributed by atoms with Crippen molar-refractivity contribution in [3.8, 4) is 5.75 Å². The second-order valence-electron chi connectivity index (χ2n) is 4.77. The Morgan fingerprint density at radius 3 is 2.63 bits per heavy atom. The lowest BCUT2D eigenvalue weighted by Gasteiger charge is -2.15. The third-order valence-electron chi connectivity index (χ3n) is 3.35. The first-order valence-electron chi connectivity index (χ1n) is 6.67. The van der Waals surface area contributed by atoms with Crippen LogP contribution in [0.3, 0.4) is 0 Å². The third-order valence-corrected chi connectivity index (χ3v) is 3.84. The van der Waals surface area contributed by atoms with Gasteiger partial charge in [-0.2, -0.15) is 0 Å². The van der Waals surface area contributed by atoms with Crippen LogP contribution in [0.15, 0.2) is 53.0 Å². The molecule has 0 saturated heterocycles. The summed E-state index contributed by atoms with van der Waals surface area (Å²) >= 11 is 3.48. The summed E-state index contributed by atoms with van der Waals surface area (Å²) in [6.07, 6.45) is 1.12. The Kier molecular flexibility index (Phi) is 5.03. The van der Waals surface area contributed by atoms with E-state index in [0.29, 0.717) is 12.5 Å². The summed E-state index contributed by atoms with van der Waals surface area (Å²) in [5, 5.41) is 0. The summed E-state index contributed by atoms with van der Waals surface area (Å²) in [6, 6.07) is 16.5. The average Bonchev–Trinajstić information content (AvgIpc) is 2.45. The lowest BCUT2D eigenvalue weighted by molar-refractivity contribution is 0.301. The van der Waals surface area contributed by atoms with Crippen LogP contribution in [0, 0.1) is 0 Å². The number of hydrogen-bond donors (Lipinski definition) is 0. The highest BCUT2D eigenvalue weighted by molar-refractivity contribution is 9.10. The largest absolute Gasteiger partial charge is 0.489 e.